The summed E-state index contributed by atoms with van der Waals surface area (Å²) in [5.74, 6) is 1.29. The van der Waals surface area contributed by atoms with Crippen LogP contribution < -0.4 is 5.32 Å². The van der Waals surface area contributed by atoms with E-state index < -0.39 is 6.10 Å². The highest BCUT2D eigenvalue weighted by Crippen LogP contribution is 2.35. The molecule has 2 atom stereocenters. The van der Waals surface area contributed by atoms with Crippen LogP contribution in [-0.2, 0) is 6.54 Å². The quantitative estimate of drug-likeness (QED) is 0.231. The van der Waals surface area contributed by atoms with Crippen LogP contribution in [0.1, 0.15) is 29.0 Å². The molecule has 0 saturated carbocycles. The maximum Gasteiger partial charge on any atom is 0.223 e. The number of anilines is 1. The smallest absolute Gasteiger partial charge is 0.223 e. The minimum absolute atomic E-state index is 0.0166. The van der Waals surface area contributed by atoms with E-state index >= 15 is 0 Å². The monoisotopic (exact) mass is 585 g/mol. The molecule has 0 radical (unpaired) electrons. The van der Waals surface area contributed by atoms with Crippen LogP contribution in [0.2, 0.25) is 0 Å². The van der Waals surface area contributed by atoms with Gasteiger partial charge in [-0.2, -0.15) is 0 Å². The minimum atomic E-state index is -0.420. The average molecular weight is 586 g/mol. The molecular formula is C35H35N7O2. The molecular weight excluding hydrogens is 550 g/mol. The molecule has 1 aliphatic heterocycles. The van der Waals surface area contributed by atoms with Gasteiger partial charge in [-0.05, 0) is 62.6 Å². The fourth-order valence-electron chi connectivity index (χ4n) is 6.27. The second kappa shape index (κ2) is 11.7. The van der Waals surface area contributed by atoms with Crippen molar-refractivity contribution in [1.82, 2.24) is 29.6 Å². The number of hydrogen-bond acceptors (Lipinski definition) is 8. The summed E-state index contributed by atoms with van der Waals surface area (Å²) in [5.41, 5.74) is 8.37. The number of benzene rings is 2. The lowest BCUT2D eigenvalue weighted by Crippen LogP contribution is -2.48. The van der Waals surface area contributed by atoms with Crippen LogP contribution in [-0.4, -0.2) is 59.9 Å². The molecule has 1 aliphatic rings. The molecule has 0 spiro atoms. The van der Waals surface area contributed by atoms with E-state index in [2.05, 4.69) is 73.6 Å². The number of aryl methyl sites for hydroxylation is 3. The van der Waals surface area contributed by atoms with E-state index in [0.29, 0.717) is 18.9 Å². The molecule has 0 amide bonds. The van der Waals surface area contributed by atoms with Gasteiger partial charge in [0.05, 0.1) is 28.7 Å². The van der Waals surface area contributed by atoms with Gasteiger partial charge in [0.1, 0.15) is 11.4 Å². The Morgan fingerprint density at radius 2 is 1.70 bits per heavy atom. The number of fused-ring (bicyclic) bond motifs is 1. The predicted octanol–water partition coefficient (Wildman–Crippen LogP) is 6.11. The number of piperidine rings is 1. The number of nitrogens with one attached hydrogen (secondary N) is 1. The first kappa shape index (κ1) is 27.9. The zero-order valence-corrected chi connectivity index (χ0v) is 25.1. The number of pyridine rings is 1. The van der Waals surface area contributed by atoms with E-state index in [9.17, 15) is 5.11 Å². The Hall–Kier alpha value is -4.86. The Kier molecular flexibility index (Phi) is 7.41. The van der Waals surface area contributed by atoms with Crippen molar-refractivity contribution in [2.75, 3.05) is 18.4 Å². The van der Waals surface area contributed by atoms with Gasteiger partial charge in [0.2, 0.25) is 5.95 Å². The molecule has 0 unspecified atom stereocenters. The Morgan fingerprint density at radius 1 is 0.932 bits per heavy atom. The summed E-state index contributed by atoms with van der Waals surface area (Å²) in [6, 6.07) is 24.7. The third-order valence-electron chi connectivity index (χ3n) is 8.29. The molecule has 0 aliphatic carbocycles. The van der Waals surface area contributed by atoms with Crippen LogP contribution in [0.5, 0.6) is 0 Å². The van der Waals surface area contributed by atoms with Crippen LogP contribution in [0.3, 0.4) is 0 Å². The average Bonchev–Trinajstić information content (AvgIpc) is 3.57. The maximum atomic E-state index is 10.7. The Bertz CT molecular complexity index is 1900. The van der Waals surface area contributed by atoms with Crippen LogP contribution in [0.15, 0.2) is 89.7 Å². The van der Waals surface area contributed by atoms with E-state index in [1.54, 1.807) is 0 Å². The van der Waals surface area contributed by atoms with Gasteiger partial charge in [0.25, 0.3) is 0 Å². The highest BCUT2D eigenvalue weighted by Gasteiger charge is 2.27. The second-order valence-electron chi connectivity index (χ2n) is 11.7. The van der Waals surface area contributed by atoms with Gasteiger partial charge in [-0.15, -0.1) is 0 Å². The summed E-state index contributed by atoms with van der Waals surface area (Å²) in [6.45, 7) is 8.11. The highest BCUT2D eigenvalue weighted by atomic mass is 16.5. The first-order valence-electron chi connectivity index (χ1n) is 15.0. The van der Waals surface area contributed by atoms with Crippen molar-refractivity contribution >= 4 is 17.0 Å². The van der Waals surface area contributed by atoms with Crippen molar-refractivity contribution in [1.29, 1.82) is 0 Å². The van der Waals surface area contributed by atoms with Gasteiger partial charge < -0.3 is 19.5 Å². The number of rotatable bonds is 7. The third-order valence-corrected chi connectivity index (χ3v) is 8.29. The lowest BCUT2D eigenvalue weighted by molar-refractivity contribution is 0.0602. The predicted molar refractivity (Wildman–Crippen MR) is 172 cm³/mol. The van der Waals surface area contributed by atoms with Gasteiger partial charge in [0.15, 0.2) is 0 Å². The Morgan fingerprint density at radius 3 is 2.45 bits per heavy atom. The fourth-order valence-corrected chi connectivity index (χ4v) is 6.27. The highest BCUT2D eigenvalue weighted by molar-refractivity contribution is 5.96. The first-order chi connectivity index (χ1) is 21.4. The molecule has 1 fully saturated rings. The lowest BCUT2D eigenvalue weighted by Gasteiger charge is -2.36. The molecule has 2 aromatic carbocycles. The summed E-state index contributed by atoms with van der Waals surface area (Å²) >= 11 is 0. The van der Waals surface area contributed by atoms with E-state index in [-0.39, 0.29) is 6.04 Å². The summed E-state index contributed by atoms with van der Waals surface area (Å²) in [7, 11) is 0. The molecule has 1 saturated heterocycles. The number of likely N-dealkylation sites (tertiary alicyclic amines) is 1. The number of β-amino-alcohol motifs (C(OH)–C–C–N with tert-alkyl or cyclic N) is 1. The van der Waals surface area contributed by atoms with Crippen molar-refractivity contribution in [3.63, 3.8) is 0 Å². The number of hydrogen-bond donors (Lipinski definition) is 2. The molecule has 44 heavy (non-hydrogen) atoms. The molecule has 6 aromatic rings. The number of nitrogens with zero attached hydrogens (tertiary/aromatic N) is 6. The molecule has 9 nitrogen and oxygen atoms in total. The van der Waals surface area contributed by atoms with Crippen molar-refractivity contribution in [3.8, 4) is 28.2 Å². The first-order valence-corrected chi connectivity index (χ1v) is 15.0. The number of aliphatic hydroxyl groups excluding tert-OH is 1. The molecule has 0 bridgehead atoms. The van der Waals surface area contributed by atoms with Crippen molar-refractivity contribution in [2.24, 2.45) is 0 Å². The molecule has 9 heteroatoms. The van der Waals surface area contributed by atoms with E-state index in [0.717, 1.165) is 69.3 Å². The SMILES string of the molecule is Cc1cnc(N[C@H]2C[C@@H](O)CN(Cc3ccccc3)C2)nc1-c1cn(-c2ccccc2)c2nc(-c3c(C)noc3C)ccc12. The van der Waals surface area contributed by atoms with E-state index in [4.69, 9.17) is 14.5 Å². The molecule has 5 heterocycles. The number of aromatic nitrogens is 5. The van der Waals surface area contributed by atoms with Crippen LogP contribution >= 0.6 is 0 Å². The fraction of sp³-hybridized carbons (Fsp3) is 0.257. The maximum absolute atomic E-state index is 10.7. The van der Waals surface area contributed by atoms with Crippen LogP contribution in [0.25, 0.3) is 39.2 Å². The standard InChI is InChI=1S/C35H35N7O2/c1-22-17-36-35(37-26-16-28(43)20-41(19-26)18-25-10-6-4-7-11-25)39-33(22)30-21-42(27-12-8-5-9-13-27)34-29(30)14-15-31(38-34)32-23(2)40-44-24(32)3/h4-15,17,21,26,28,43H,16,18-20H2,1-3H3,(H,36,37,39)/t26-,28+/m0/s1. The normalized spacial score (nSPS) is 17.3. The van der Waals surface area contributed by atoms with Crippen molar-refractivity contribution in [3.05, 3.63) is 108 Å². The van der Waals surface area contributed by atoms with Gasteiger partial charge in [-0.1, -0.05) is 53.7 Å². The summed E-state index contributed by atoms with van der Waals surface area (Å²) in [6.07, 6.45) is 4.19. The Labute approximate surface area is 256 Å². The van der Waals surface area contributed by atoms with Gasteiger partial charge in [-0.25, -0.2) is 15.0 Å². The van der Waals surface area contributed by atoms with Crippen LogP contribution in [0, 0.1) is 20.8 Å². The molecule has 2 N–H and O–H groups in total. The van der Waals surface area contributed by atoms with Crippen molar-refractivity contribution < 1.29 is 9.63 Å². The van der Waals surface area contributed by atoms with Gasteiger partial charge >= 0.3 is 0 Å². The largest absolute Gasteiger partial charge is 0.392 e. The number of aliphatic hydroxyl groups is 1. The summed E-state index contributed by atoms with van der Waals surface area (Å²) in [4.78, 5) is 17.1. The third kappa shape index (κ3) is 5.47. The number of para-hydroxylation sites is 1. The molecule has 222 valence electrons. The summed E-state index contributed by atoms with van der Waals surface area (Å²) in [5, 5.41) is 19.3. The van der Waals surface area contributed by atoms with Crippen LogP contribution in [0.4, 0.5) is 5.95 Å². The minimum Gasteiger partial charge on any atom is -0.392 e. The van der Waals surface area contributed by atoms with Gasteiger partial charge in [0, 0.05) is 54.7 Å². The zero-order valence-electron chi connectivity index (χ0n) is 25.1. The van der Waals surface area contributed by atoms with Gasteiger partial charge in [-0.3, -0.25) is 4.90 Å². The molecule has 7 rings (SSSR count). The van der Waals surface area contributed by atoms with Crippen molar-refractivity contribution in [2.45, 2.75) is 45.9 Å². The topological polar surface area (TPSA) is 105 Å². The van der Waals surface area contributed by atoms with E-state index in [1.807, 2.05) is 57.3 Å². The zero-order chi connectivity index (χ0) is 30.2. The lowest BCUT2D eigenvalue weighted by atomic mass is 10.0. The molecule has 4 aromatic heterocycles. The second-order valence-corrected chi connectivity index (χ2v) is 11.7. The Balaban J connectivity index is 1.24. The summed E-state index contributed by atoms with van der Waals surface area (Å²) < 4.78 is 7.56. The van der Waals surface area contributed by atoms with E-state index in [1.165, 1.54) is 5.56 Å².